The first-order valence-corrected chi connectivity index (χ1v) is 9.41. The molecule has 1 aliphatic carbocycles. The fourth-order valence-electron chi connectivity index (χ4n) is 2.96. The molecule has 0 unspecified atom stereocenters. The van der Waals surface area contributed by atoms with E-state index in [-0.39, 0.29) is 29.4 Å². The Morgan fingerprint density at radius 2 is 1.97 bits per heavy atom. The average molecular weight is 421 g/mol. The van der Waals surface area contributed by atoms with Gasteiger partial charge in [-0.2, -0.15) is 4.98 Å². The van der Waals surface area contributed by atoms with Gasteiger partial charge >= 0.3 is 0 Å². The minimum atomic E-state index is -0.923. The molecule has 1 aliphatic rings. The molecule has 2 atom stereocenters. The van der Waals surface area contributed by atoms with Gasteiger partial charge in [-0.25, -0.2) is 19.3 Å². The van der Waals surface area contributed by atoms with Crippen LogP contribution < -0.4 is 11.1 Å². The summed E-state index contributed by atoms with van der Waals surface area (Å²) in [7, 11) is 0. The van der Waals surface area contributed by atoms with Crippen LogP contribution in [0.1, 0.15) is 34.3 Å². The van der Waals surface area contributed by atoms with Crippen LogP contribution in [-0.4, -0.2) is 37.2 Å². The van der Waals surface area contributed by atoms with Crippen LogP contribution in [0.5, 0.6) is 0 Å². The van der Waals surface area contributed by atoms with Crippen molar-refractivity contribution in [2.24, 2.45) is 0 Å². The number of aromatic nitrogens is 5. The van der Waals surface area contributed by atoms with Crippen molar-refractivity contribution < 1.29 is 18.1 Å². The molecule has 10 nitrogen and oxygen atoms in total. The lowest BCUT2D eigenvalue weighted by molar-refractivity contribution is 0.0997. The van der Waals surface area contributed by atoms with Gasteiger partial charge < -0.3 is 20.0 Å². The third-order valence-corrected chi connectivity index (χ3v) is 4.86. The first-order chi connectivity index (χ1) is 15.0. The Morgan fingerprint density at radius 3 is 2.71 bits per heavy atom. The summed E-state index contributed by atoms with van der Waals surface area (Å²) >= 11 is 0. The minimum Gasteiger partial charge on any atom is -0.431 e. The van der Waals surface area contributed by atoms with E-state index in [9.17, 15) is 9.18 Å². The van der Waals surface area contributed by atoms with Gasteiger partial charge in [-0.1, -0.05) is 17.3 Å². The number of oxazole rings is 1. The maximum absolute atomic E-state index is 13.2. The SMILES string of the molecule is Cc1ccc(-c2noc([C@H]3C[C@@H]3F)n2)cc1NC(=O)c1cnc(-c2cnc(N)nc2)o1. The Kier molecular flexibility index (Phi) is 4.42. The molecule has 0 spiro atoms. The van der Waals surface area contributed by atoms with Gasteiger partial charge in [0.05, 0.1) is 17.7 Å². The molecule has 1 aromatic carbocycles. The molecule has 3 aromatic heterocycles. The van der Waals surface area contributed by atoms with Gasteiger partial charge in [0.2, 0.25) is 29.3 Å². The van der Waals surface area contributed by atoms with Crippen molar-refractivity contribution in [3.63, 3.8) is 0 Å². The Balaban J connectivity index is 1.35. The lowest BCUT2D eigenvalue weighted by Gasteiger charge is -2.08. The summed E-state index contributed by atoms with van der Waals surface area (Å²) in [6, 6.07) is 5.33. The zero-order chi connectivity index (χ0) is 21.5. The van der Waals surface area contributed by atoms with Crippen molar-refractivity contribution in [2.75, 3.05) is 11.1 Å². The van der Waals surface area contributed by atoms with E-state index in [1.54, 1.807) is 12.1 Å². The highest BCUT2D eigenvalue weighted by molar-refractivity contribution is 6.03. The van der Waals surface area contributed by atoms with E-state index < -0.39 is 12.1 Å². The molecule has 0 aliphatic heterocycles. The number of nitrogen functional groups attached to an aromatic ring is 1. The van der Waals surface area contributed by atoms with E-state index in [0.29, 0.717) is 29.1 Å². The highest BCUT2D eigenvalue weighted by Crippen LogP contribution is 2.43. The molecule has 156 valence electrons. The third-order valence-electron chi connectivity index (χ3n) is 4.86. The molecule has 0 bridgehead atoms. The quantitative estimate of drug-likeness (QED) is 0.496. The molecule has 5 rings (SSSR count). The standard InChI is InChI=1S/C20H16FN7O3/c1-9-2-3-10(16-27-19(31-28-16)12-5-13(12)21)4-14(9)26-17(29)15-8-23-18(30-15)11-6-24-20(22)25-7-11/h2-4,6-8,12-13H,5H2,1H3,(H,26,29)(H2,22,24,25)/t12-,13-/m0/s1. The van der Waals surface area contributed by atoms with Crippen LogP contribution in [0.25, 0.3) is 22.8 Å². The molecule has 11 heteroatoms. The van der Waals surface area contributed by atoms with Crippen molar-refractivity contribution in [1.29, 1.82) is 0 Å². The van der Waals surface area contributed by atoms with Crippen LogP contribution in [0.3, 0.4) is 0 Å². The number of halogens is 1. The van der Waals surface area contributed by atoms with Crippen molar-refractivity contribution >= 4 is 17.5 Å². The van der Waals surface area contributed by atoms with Gasteiger partial charge in [-0.3, -0.25) is 4.79 Å². The molecular formula is C20H16FN7O3. The van der Waals surface area contributed by atoms with E-state index in [1.807, 2.05) is 13.0 Å². The Morgan fingerprint density at radius 1 is 1.19 bits per heavy atom. The normalized spacial score (nSPS) is 17.5. The molecule has 31 heavy (non-hydrogen) atoms. The lowest BCUT2D eigenvalue weighted by Crippen LogP contribution is -2.12. The lowest BCUT2D eigenvalue weighted by atomic mass is 10.1. The largest absolute Gasteiger partial charge is 0.431 e. The topological polar surface area (TPSA) is 146 Å². The smallest absolute Gasteiger partial charge is 0.293 e. The number of nitrogens with one attached hydrogen (secondary N) is 1. The third kappa shape index (κ3) is 3.72. The second kappa shape index (κ2) is 7.27. The second-order valence-electron chi connectivity index (χ2n) is 7.16. The van der Waals surface area contributed by atoms with E-state index >= 15 is 0 Å². The molecule has 4 aromatic rings. The summed E-state index contributed by atoms with van der Waals surface area (Å²) in [4.78, 5) is 28.8. The van der Waals surface area contributed by atoms with Gasteiger partial charge in [0.25, 0.3) is 5.91 Å². The monoisotopic (exact) mass is 421 g/mol. The van der Waals surface area contributed by atoms with Gasteiger partial charge in [-0.15, -0.1) is 0 Å². The fourth-order valence-corrected chi connectivity index (χ4v) is 2.96. The molecule has 1 saturated carbocycles. The molecule has 0 radical (unpaired) electrons. The number of hydrogen-bond donors (Lipinski definition) is 2. The number of benzene rings is 1. The molecule has 3 heterocycles. The van der Waals surface area contributed by atoms with Crippen molar-refractivity contribution in [3.05, 3.63) is 54.0 Å². The van der Waals surface area contributed by atoms with Gasteiger partial charge in [0.1, 0.15) is 6.17 Å². The maximum atomic E-state index is 13.2. The number of anilines is 2. The van der Waals surface area contributed by atoms with Crippen LogP contribution in [0.4, 0.5) is 16.0 Å². The highest BCUT2D eigenvalue weighted by Gasteiger charge is 2.43. The Bertz CT molecular complexity index is 1270. The molecule has 1 fully saturated rings. The number of aryl methyl sites for hydroxylation is 1. The number of carbonyl (C=O) groups excluding carboxylic acids is 1. The first kappa shape index (κ1) is 18.9. The molecular weight excluding hydrogens is 405 g/mol. The van der Waals surface area contributed by atoms with Crippen LogP contribution in [-0.2, 0) is 0 Å². The number of hydrogen-bond acceptors (Lipinski definition) is 9. The van der Waals surface area contributed by atoms with E-state index in [1.165, 1.54) is 18.6 Å². The van der Waals surface area contributed by atoms with Crippen molar-refractivity contribution in [2.45, 2.75) is 25.4 Å². The van der Waals surface area contributed by atoms with Crippen molar-refractivity contribution in [1.82, 2.24) is 25.1 Å². The summed E-state index contributed by atoms with van der Waals surface area (Å²) in [5.41, 5.74) is 7.95. The predicted molar refractivity (Wildman–Crippen MR) is 107 cm³/mol. The van der Waals surface area contributed by atoms with E-state index in [4.69, 9.17) is 14.7 Å². The highest BCUT2D eigenvalue weighted by atomic mass is 19.1. The maximum Gasteiger partial charge on any atom is 0.293 e. The predicted octanol–water partition coefficient (Wildman–Crippen LogP) is 3.15. The summed E-state index contributed by atoms with van der Waals surface area (Å²) < 4.78 is 23.9. The molecule has 3 N–H and O–H groups in total. The molecule has 1 amide bonds. The molecule has 0 saturated heterocycles. The number of rotatable bonds is 5. The summed E-state index contributed by atoms with van der Waals surface area (Å²) in [6.07, 6.45) is 3.70. The van der Waals surface area contributed by atoms with Crippen LogP contribution in [0, 0.1) is 6.92 Å². The summed E-state index contributed by atoms with van der Waals surface area (Å²) in [5.74, 6) is 0.145. The van der Waals surface area contributed by atoms with E-state index in [0.717, 1.165) is 5.56 Å². The summed E-state index contributed by atoms with van der Waals surface area (Å²) in [5, 5.41) is 6.71. The number of nitrogens with two attached hydrogens (primary N) is 1. The Labute approximate surface area is 174 Å². The minimum absolute atomic E-state index is 0.0150. The number of alkyl halides is 1. The fraction of sp³-hybridized carbons (Fsp3) is 0.200. The Hall–Kier alpha value is -4.15. The first-order valence-electron chi connectivity index (χ1n) is 9.41. The summed E-state index contributed by atoms with van der Waals surface area (Å²) in [6.45, 7) is 1.84. The zero-order valence-electron chi connectivity index (χ0n) is 16.2. The number of carbonyl (C=O) groups is 1. The van der Waals surface area contributed by atoms with Gasteiger partial charge in [-0.05, 0) is 25.0 Å². The number of amides is 1. The average Bonchev–Trinajstić information content (AvgIpc) is 3.15. The van der Waals surface area contributed by atoms with Crippen LogP contribution in [0.15, 0.2) is 45.7 Å². The van der Waals surface area contributed by atoms with E-state index in [2.05, 4.69) is 30.4 Å². The van der Waals surface area contributed by atoms with Crippen LogP contribution >= 0.6 is 0 Å². The van der Waals surface area contributed by atoms with Gasteiger partial charge in [0, 0.05) is 23.6 Å². The zero-order valence-corrected chi connectivity index (χ0v) is 16.2. The van der Waals surface area contributed by atoms with Gasteiger partial charge in [0.15, 0.2) is 0 Å². The van der Waals surface area contributed by atoms with Crippen LogP contribution in [0.2, 0.25) is 0 Å². The van der Waals surface area contributed by atoms with Crippen molar-refractivity contribution in [3.8, 4) is 22.8 Å². The number of nitrogens with zero attached hydrogens (tertiary/aromatic N) is 5. The second-order valence-corrected chi connectivity index (χ2v) is 7.16.